The van der Waals surface area contributed by atoms with Crippen LogP contribution in [0.1, 0.15) is 83.3 Å². The fourth-order valence-corrected chi connectivity index (χ4v) is 8.32. The van der Waals surface area contributed by atoms with Gasteiger partial charge >= 0.3 is 17.9 Å². The molecule has 0 aromatic heterocycles. The molecule has 1 saturated heterocycles. The Morgan fingerprint density at radius 2 is 1.47 bits per heavy atom. The van der Waals surface area contributed by atoms with Crippen LogP contribution in [0.4, 0.5) is 0 Å². The number of carbonyl (C=O) groups excluding carboxylic acids is 3. The van der Waals surface area contributed by atoms with Crippen LogP contribution in [0.5, 0.6) is 0 Å². The first-order chi connectivity index (χ1) is 24.4. The summed E-state index contributed by atoms with van der Waals surface area (Å²) in [5.41, 5.74) is 6.19. The topological polar surface area (TPSA) is 138 Å². The zero-order chi connectivity index (χ0) is 37.2. The van der Waals surface area contributed by atoms with Crippen LogP contribution in [0.3, 0.4) is 0 Å². The number of nitrogens with two attached hydrogens (primary N) is 1. The summed E-state index contributed by atoms with van der Waals surface area (Å²) in [6, 6.07) is 18.8. The molecule has 1 aliphatic rings. The molecule has 2 aromatic rings. The number of carbonyl (C=O) groups is 3. The largest absolute Gasteiger partial charge is 0.464 e. The van der Waals surface area contributed by atoms with Gasteiger partial charge in [-0.05, 0) is 77.1 Å². The number of esters is 3. The van der Waals surface area contributed by atoms with Crippen molar-refractivity contribution in [2.45, 2.75) is 89.0 Å². The van der Waals surface area contributed by atoms with E-state index in [1.54, 1.807) is 20.8 Å². The van der Waals surface area contributed by atoms with Gasteiger partial charge in [0, 0.05) is 18.5 Å². The third-order valence-corrected chi connectivity index (χ3v) is 10.6. The number of hydrogen-bond acceptors (Lipinski definition) is 12. The van der Waals surface area contributed by atoms with Gasteiger partial charge in [-0.2, -0.15) is 0 Å². The fourth-order valence-electron chi connectivity index (χ4n) is 6.44. The number of hydrogen-bond donors (Lipinski definition) is 2. The van der Waals surface area contributed by atoms with E-state index in [4.69, 9.17) is 42.0 Å². The Morgan fingerprint density at radius 1 is 0.824 bits per heavy atom. The van der Waals surface area contributed by atoms with E-state index >= 15 is 0 Å². The Balaban J connectivity index is 1.84. The molecule has 12 heteroatoms. The molecule has 0 amide bonds. The van der Waals surface area contributed by atoms with E-state index in [0.29, 0.717) is 10.7 Å². The predicted molar refractivity (Wildman–Crippen MR) is 204 cm³/mol. The lowest BCUT2D eigenvalue weighted by Crippen LogP contribution is -2.50. The number of ether oxygens (including phenoxy) is 4. The van der Waals surface area contributed by atoms with Crippen LogP contribution in [0.2, 0.25) is 0 Å². The third kappa shape index (κ3) is 15.3. The van der Waals surface area contributed by atoms with E-state index in [1.165, 1.54) is 24.6 Å². The molecule has 3 rings (SSSR count). The second-order valence-corrected chi connectivity index (χ2v) is 16.2. The molecule has 0 bridgehead atoms. The molecule has 1 aliphatic heterocycles. The maximum Gasteiger partial charge on any atom is 0.322 e. The molecule has 3 unspecified atom stereocenters. The lowest BCUT2D eigenvalue weighted by molar-refractivity contribution is -0.159. The normalized spacial score (nSPS) is 17.2. The first-order valence-corrected chi connectivity index (χ1v) is 19.1. The average Bonchev–Trinajstić information content (AvgIpc) is 3.39. The number of benzene rings is 2. The summed E-state index contributed by atoms with van der Waals surface area (Å²) >= 11 is 7.04. The summed E-state index contributed by atoms with van der Waals surface area (Å²) in [5, 5.41) is 8.85. The standard InChI is InChI=1S/C39H56N2O8S2/c1-37(35(44)48-24-22-41-20-12-4-5-13-21-41,29-38(2,40)19-18-33(43)47-27-26-46-25-23-42)30-39(3,51-34(50)32-16-10-7-11-17-32)36(45)49-28-31-14-8-6-9-15-31/h6-11,14-17,42H,4-5,12-13,18-30,40H2,1-3H3. The number of rotatable bonds is 21. The molecule has 2 aromatic carbocycles. The molecular formula is C39H56N2O8S2. The smallest absolute Gasteiger partial charge is 0.322 e. The summed E-state index contributed by atoms with van der Waals surface area (Å²) < 4.78 is 21.5. The van der Waals surface area contributed by atoms with Crippen molar-refractivity contribution >= 4 is 46.1 Å². The van der Waals surface area contributed by atoms with Crippen molar-refractivity contribution in [2.24, 2.45) is 11.1 Å². The first-order valence-electron chi connectivity index (χ1n) is 17.9. The van der Waals surface area contributed by atoms with Gasteiger partial charge in [0.25, 0.3) is 0 Å². The predicted octanol–water partition coefficient (Wildman–Crippen LogP) is 5.85. The van der Waals surface area contributed by atoms with Gasteiger partial charge < -0.3 is 29.8 Å². The molecule has 51 heavy (non-hydrogen) atoms. The Labute approximate surface area is 313 Å². The van der Waals surface area contributed by atoms with Gasteiger partial charge in [0.1, 0.15) is 24.6 Å². The van der Waals surface area contributed by atoms with Crippen molar-refractivity contribution in [3.63, 3.8) is 0 Å². The molecule has 3 N–H and O–H groups in total. The van der Waals surface area contributed by atoms with Crippen LogP contribution in [-0.2, 0) is 39.9 Å². The molecule has 0 radical (unpaired) electrons. The molecule has 282 valence electrons. The summed E-state index contributed by atoms with van der Waals surface area (Å²) in [6.45, 7) is 8.45. The molecular weight excluding hydrogens is 689 g/mol. The van der Waals surface area contributed by atoms with Gasteiger partial charge in [0.15, 0.2) is 0 Å². The highest BCUT2D eigenvalue weighted by atomic mass is 32.2. The van der Waals surface area contributed by atoms with Crippen LogP contribution in [0.15, 0.2) is 60.7 Å². The Bertz CT molecular complexity index is 1370. The van der Waals surface area contributed by atoms with Gasteiger partial charge in [-0.1, -0.05) is 97.5 Å². The number of thiocarbonyl (C=S) groups is 1. The molecule has 10 nitrogen and oxygen atoms in total. The van der Waals surface area contributed by atoms with Crippen LogP contribution in [0.25, 0.3) is 0 Å². The van der Waals surface area contributed by atoms with Gasteiger partial charge in [0.05, 0.1) is 29.4 Å². The molecule has 1 fully saturated rings. The third-order valence-electron chi connectivity index (χ3n) is 8.95. The fraction of sp³-hybridized carbons (Fsp3) is 0.590. The van der Waals surface area contributed by atoms with Gasteiger partial charge in [-0.25, -0.2) is 0 Å². The molecule has 0 saturated carbocycles. The maximum absolute atomic E-state index is 14.2. The summed E-state index contributed by atoms with van der Waals surface area (Å²) in [6.07, 6.45) is 5.05. The van der Waals surface area contributed by atoms with Gasteiger partial charge in [-0.3, -0.25) is 19.3 Å². The van der Waals surface area contributed by atoms with E-state index in [2.05, 4.69) is 4.90 Å². The number of likely N-dealkylation sites (tertiary alicyclic amines) is 1. The second kappa shape index (κ2) is 21.6. The van der Waals surface area contributed by atoms with E-state index in [0.717, 1.165) is 37.1 Å². The minimum absolute atomic E-state index is 0.0211. The molecule has 0 spiro atoms. The minimum Gasteiger partial charge on any atom is -0.464 e. The quantitative estimate of drug-likeness (QED) is 0.0687. The lowest BCUT2D eigenvalue weighted by atomic mass is 9.71. The van der Waals surface area contributed by atoms with Crippen molar-refractivity contribution < 1.29 is 38.4 Å². The van der Waals surface area contributed by atoms with E-state index in [-0.39, 0.29) is 65.3 Å². The zero-order valence-corrected chi connectivity index (χ0v) is 32.1. The Hall–Kier alpha value is -2.87. The molecule has 1 heterocycles. The monoisotopic (exact) mass is 744 g/mol. The number of nitrogens with zero attached hydrogens (tertiary/aromatic N) is 1. The van der Waals surface area contributed by atoms with Crippen LogP contribution in [-0.4, -0.2) is 95.1 Å². The average molecular weight is 745 g/mol. The highest BCUT2D eigenvalue weighted by Gasteiger charge is 2.50. The van der Waals surface area contributed by atoms with Crippen molar-refractivity contribution in [2.75, 3.05) is 52.7 Å². The SMILES string of the molecule is CC(N)(CCC(=O)OCCOCCO)CC(C)(CC(C)(SC(=S)c1ccccc1)C(=O)OCc1ccccc1)C(=O)OCCN1CCCCCC1. The maximum atomic E-state index is 14.2. The van der Waals surface area contributed by atoms with Gasteiger partial charge in [0.2, 0.25) is 0 Å². The Morgan fingerprint density at radius 3 is 2.12 bits per heavy atom. The summed E-state index contributed by atoms with van der Waals surface area (Å²) in [5.74, 6) is -1.42. The van der Waals surface area contributed by atoms with E-state index in [1.807, 2.05) is 60.7 Å². The highest BCUT2D eigenvalue weighted by molar-refractivity contribution is 8.25. The van der Waals surface area contributed by atoms with Crippen LogP contribution in [0, 0.1) is 5.41 Å². The van der Waals surface area contributed by atoms with Crippen LogP contribution < -0.4 is 5.73 Å². The van der Waals surface area contributed by atoms with E-state index < -0.39 is 33.6 Å². The van der Waals surface area contributed by atoms with Crippen molar-refractivity contribution in [3.05, 3.63) is 71.8 Å². The molecule has 0 aliphatic carbocycles. The summed E-state index contributed by atoms with van der Waals surface area (Å²) in [4.78, 5) is 43.2. The zero-order valence-electron chi connectivity index (χ0n) is 30.4. The lowest BCUT2D eigenvalue weighted by Gasteiger charge is -2.40. The highest BCUT2D eigenvalue weighted by Crippen LogP contribution is 2.45. The molecule has 3 atom stereocenters. The first kappa shape index (κ1) is 42.5. The number of thioether (sulfide) groups is 1. The van der Waals surface area contributed by atoms with Crippen LogP contribution >= 0.6 is 24.0 Å². The van der Waals surface area contributed by atoms with Crippen molar-refractivity contribution in [3.8, 4) is 0 Å². The number of aliphatic hydroxyl groups is 1. The second-order valence-electron chi connectivity index (χ2n) is 14.1. The summed E-state index contributed by atoms with van der Waals surface area (Å²) in [7, 11) is 0. The van der Waals surface area contributed by atoms with Gasteiger partial charge in [-0.15, -0.1) is 0 Å². The Kier molecular flexibility index (Phi) is 18.0. The van der Waals surface area contributed by atoms with Crippen molar-refractivity contribution in [1.29, 1.82) is 0 Å². The van der Waals surface area contributed by atoms with E-state index in [9.17, 15) is 14.4 Å². The van der Waals surface area contributed by atoms with Crippen molar-refractivity contribution in [1.82, 2.24) is 4.90 Å². The number of aliphatic hydroxyl groups excluding tert-OH is 1. The minimum atomic E-state index is -1.30.